The van der Waals surface area contributed by atoms with Gasteiger partial charge in [0.15, 0.2) is 0 Å². The van der Waals surface area contributed by atoms with Crippen molar-refractivity contribution in [3.8, 4) is 28.6 Å². The summed E-state index contributed by atoms with van der Waals surface area (Å²) >= 11 is 0. The molecule has 0 saturated heterocycles. The molecule has 0 atom stereocenters. The first-order valence-corrected chi connectivity index (χ1v) is 6.19. The predicted molar refractivity (Wildman–Crippen MR) is 78.6 cm³/mol. The molecule has 0 radical (unpaired) electrons. The summed E-state index contributed by atoms with van der Waals surface area (Å²) in [7, 11) is 0. The van der Waals surface area contributed by atoms with Crippen LogP contribution in [0.25, 0.3) is 22.5 Å². The van der Waals surface area contributed by atoms with Crippen molar-refractivity contribution in [2.45, 2.75) is 0 Å². The van der Waals surface area contributed by atoms with Crippen LogP contribution in [0.2, 0.25) is 0 Å². The molecule has 2 heterocycles. The molecule has 0 aliphatic heterocycles. The molecule has 2 aromatic heterocycles. The number of aromatic amines is 1. The highest BCUT2D eigenvalue weighted by molar-refractivity contribution is 5.79. The monoisotopic (exact) mass is 260 g/mol. The van der Waals surface area contributed by atoms with Gasteiger partial charge in [0, 0.05) is 11.8 Å². The van der Waals surface area contributed by atoms with E-state index in [1.165, 1.54) is 0 Å². The molecule has 4 heteroatoms. The second-order valence-electron chi connectivity index (χ2n) is 4.38. The van der Waals surface area contributed by atoms with Crippen LogP contribution >= 0.6 is 0 Å². The van der Waals surface area contributed by atoms with Crippen LogP contribution in [0.5, 0.6) is 0 Å². The Bertz CT molecular complexity index is 768. The number of nitriles is 1. The largest absolute Gasteiger partial charge is 0.383 e. The van der Waals surface area contributed by atoms with Crippen molar-refractivity contribution < 1.29 is 0 Å². The Morgan fingerprint density at radius 1 is 1.10 bits per heavy atom. The second kappa shape index (κ2) is 4.90. The lowest BCUT2D eigenvalue weighted by Gasteiger charge is -2.09. The molecule has 0 amide bonds. The van der Waals surface area contributed by atoms with Crippen molar-refractivity contribution >= 4 is 5.82 Å². The summed E-state index contributed by atoms with van der Waals surface area (Å²) in [6.07, 6.45) is 1.83. The number of pyridine rings is 1. The third-order valence-electron chi connectivity index (χ3n) is 3.12. The van der Waals surface area contributed by atoms with Gasteiger partial charge in [0.25, 0.3) is 0 Å². The Kier molecular flexibility index (Phi) is 2.94. The third-order valence-corrected chi connectivity index (χ3v) is 3.12. The molecule has 0 spiro atoms. The highest BCUT2D eigenvalue weighted by Gasteiger charge is 2.13. The summed E-state index contributed by atoms with van der Waals surface area (Å²) in [5.41, 5.74) is 9.68. The number of nitrogens with zero attached hydrogens (tertiary/aromatic N) is 2. The van der Waals surface area contributed by atoms with Crippen molar-refractivity contribution in [2.75, 3.05) is 5.73 Å². The summed E-state index contributed by atoms with van der Waals surface area (Å²) in [6, 6.07) is 17.5. The molecule has 4 nitrogen and oxygen atoms in total. The SMILES string of the molecule is N#Cc1c(-c2ccccc2)cc(-c2ccc[nH]2)nc1N. The van der Waals surface area contributed by atoms with Crippen LogP contribution in [0.15, 0.2) is 54.7 Å². The third kappa shape index (κ3) is 2.02. The summed E-state index contributed by atoms with van der Waals surface area (Å²) in [5, 5.41) is 9.30. The van der Waals surface area contributed by atoms with E-state index in [9.17, 15) is 5.26 Å². The fraction of sp³-hybridized carbons (Fsp3) is 0. The Balaban J connectivity index is 2.25. The van der Waals surface area contributed by atoms with Crippen molar-refractivity contribution in [1.82, 2.24) is 9.97 Å². The molecule has 3 N–H and O–H groups in total. The number of nitrogens with one attached hydrogen (secondary N) is 1. The van der Waals surface area contributed by atoms with Crippen molar-refractivity contribution in [2.24, 2.45) is 0 Å². The molecule has 20 heavy (non-hydrogen) atoms. The van der Waals surface area contributed by atoms with E-state index in [1.807, 2.05) is 54.7 Å². The number of hydrogen-bond donors (Lipinski definition) is 2. The highest BCUT2D eigenvalue weighted by atomic mass is 14.9. The number of nitrogens with two attached hydrogens (primary N) is 1. The minimum absolute atomic E-state index is 0.249. The number of anilines is 1. The number of hydrogen-bond acceptors (Lipinski definition) is 3. The summed E-state index contributed by atoms with van der Waals surface area (Å²) in [4.78, 5) is 7.39. The van der Waals surface area contributed by atoms with Gasteiger partial charge in [-0.2, -0.15) is 5.26 Å². The van der Waals surface area contributed by atoms with Gasteiger partial charge in [0.1, 0.15) is 17.5 Å². The van der Waals surface area contributed by atoms with Crippen LogP contribution in [0, 0.1) is 11.3 Å². The number of rotatable bonds is 2. The number of benzene rings is 1. The number of aromatic nitrogens is 2. The van der Waals surface area contributed by atoms with Gasteiger partial charge >= 0.3 is 0 Å². The average molecular weight is 260 g/mol. The minimum Gasteiger partial charge on any atom is -0.383 e. The van der Waals surface area contributed by atoms with Crippen LogP contribution in [0.4, 0.5) is 5.82 Å². The molecule has 96 valence electrons. The van der Waals surface area contributed by atoms with Crippen LogP contribution in [-0.4, -0.2) is 9.97 Å². The first-order valence-electron chi connectivity index (χ1n) is 6.19. The Labute approximate surface area is 116 Å². The summed E-state index contributed by atoms with van der Waals surface area (Å²) < 4.78 is 0. The molecule has 1 aromatic carbocycles. The molecule has 0 aliphatic rings. The maximum atomic E-state index is 9.30. The second-order valence-corrected chi connectivity index (χ2v) is 4.38. The van der Waals surface area contributed by atoms with Gasteiger partial charge in [-0.05, 0) is 23.8 Å². The van der Waals surface area contributed by atoms with Crippen LogP contribution in [0.3, 0.4) is 0 Å². The lowest BCUT2D eigenvalue weighted by molar-refractivity contribution is 1.27. The average Bonchev–Trinajstić information content (AvgIpc) is 3.01. The topological polar surface area (TPSA) is 78.5 Å². The molecule has 3 aromatic rings. The first-order chi connectivity index (χ1) is 9.79. The zero-order valence-corrected chi connectivity index (χ0v) is 10.7. The summed E-state index contributed by atoms with van der Waals surface area (Å²) in [5.74, 6) is 0.249. The zero-order valence-electron chi connectivity index (χ0n) is 10.7. The maximum absolute atomic E-state index is 9.30. The van der Waals surface area contributed by atoms with E-state index >= 15 is 0 Å². The maximum Gasteiger partial charge on any atom is 0.142 e. The van der Waals surface area contributed by atoms with E-state index < -0.39 is 0 Å². The van der Waals surface area contributed by atoms with Crippen molar-refractivity contribution in [3.63, 3.8) is 0 Å². The van der Waals surface area contributed by atoms with E-state index in [4.69, 9.17) is 5.73 Å². The van der Waals surface area contributed by atoms with Crippen LogP contribution in [-0.2, 0) is 0 Å². The van der Waals surface area contributed by atoms with E-state index in [-0.39, 0.29) is 5.82 Å². The lowest BCUT2D eigenvalue weighted by Crippen LogP contribution is -1.99. The molecular weight excluding hydrogens is 248 g/mol. The normalized spacial score (nSPS) is 10.2. The fourth-order valence-corrected chi connectivity index (χ4v) is 2.16. The van der Waals surface area contributed by atoms with Gasteiger partial charge in [0.2, 0.25) is 0 Å². The molecule has 0 fully saturated rings. The van der Waals surface area contributed by atoms with E-state index in [1.54, 1.807) is 0 Å². The zero-order chi connectivity index (χ0) is 13.9. The van der Waals surface area contributed by atoms with Gasteiger partial charge in [-0.3, -0.25) is 0 Å². The molecular formula is C16H12N4. The Morgan fingerprint density at radius 2 is 1.90 bits per heavy atom. The number of H-pyrrole nitrogens is 1. The van der Waals surface area contributed by atoms with Crippen molar-refractivity contribution in [3.05, 3.63) is 60.3 Å². The van der Waals surface area contributed by atoms with Crippen LogP contribution < -0.4 is 5.73 Å². The van der Waals surface area contributed by atoms with Crippen LogP contribution in [0.1, 0.15) is 5.56 Å². The van der Waals surface area contributed by atoms with E-state index in [0.29, 0.717) is 5.56 Å². The molecule has 3 rings (SSSR count). The Morgan fingerprint density at radius 3 is 2.55 bits per heavy atom. The Hall–Kier alpha value is -3.06. The predicted octanol–water partition coefficient (Wildman–Crippen LogP) is 3.20. The smallest absolute Gasteiger partial charge is 0.142 e. The quantitative estimate of drug-likeness (QED) is 0.742. The summed E-state index contributed by atoms with van der Waals surface area (Å²) in [6.45, 7) is 0. The van der Waals surface area contributed by atoms with Gasteiger partial charge in [0.05, 0.1) is 11.4 Å². The van der Waals surface area contributed by atoms with E-state index in [0.717, 1.165) is 22.5 Å². The number of nitrogen functional groups attached to an aromatic ring is 1. The highest BCUT2D eigenvalue weighted by Crippen LogP contribution is 2.30. The van der Waals surface area contributed by atoms with E-state index in [2.05, 4.69) is 16.0 Å². The van der Waals surface area contributed by atoms with Gasteiger partial charge in [-0.15, -0.1) is 0 Å². The lowest BCUT2D eigenvalue weighted by atomic mass is 10.00. The fourth-order valence-electron chi connectivity index (χ4n) is 2.16. The molecule has 0 aliphatic carbocycles. The van der Waals surface area contributed by atoms with Gasteiger partial charge in [-0.25, -0.2) is 4.98 Å². The van der Waals surface area contributed by atoms with Gasteiger partial charge < -0.3 is 10.7 Å². The first kappa shape index (κ1) is 12.0. The molecule has 0 bridgehead atoms. The minimum atomic E-state index is 0.249. The molecule has 0 saturated carbocycles. The van der Waals surface area contributed by atoms with Gasteiger partial charge in [-0.1, -0.05) is 30.3 Å². The van der Waals surface area contributed by atoms with Crippen molar-refractivity contribution in [1.29, 1.82) is 5.26 Å². The molecule has 0 unspecified atom stereocenters. The standard InChI is InChI=1S/C16H12N4/c17-10-13-12(11-5-2-1-3-6-11)9-15(20-16(13)18)14-7-4-8-19-14/h1-9,19H,(H2,18,20).